The SMILES string of the molecule is Cl.NC[C@H]1CC[C@H](C(=O)N(c2ccc(-c3nn[nH]n3)cc2)[C@@H](Cc2ccc(-c3ccncc3)cc2)C(N)=O)CC1. The van der Waals surface area contributed by atoms with Crippen molar-refractivity contribution in [1.82, 2.24) is 25.6 Å². The second-order valence-electron chi connectivity index (χ2n) is 10.00. The van der Waals surface area contributed by atoms with E-state index < -0.39 is 11.9 Å². The zero-order valence-corrected chi connectivity index (χ0v) is 22.8. The molecule has 2 aromatic carbocycles. The summed E-state index contributed by atoms with van der Waals surface area (Å²) in [5.74, 6) is 0.0397. The van der Waals surface area contributed by atoms with Gasteiger partial charge in [-0.2, -0.15) is 5.21 Å². The Bertz CT molecular complexity index is 1370. The van der Waals surface area contributed by atoms with Gasteiger partial charge >= 0.3 is 0 Å². The van der Waals surface area contributed by atoms with Gasteiger partial charge in [-0.1, -0.05) is 24.3 Å². The van der Waals surface area contributed by atoms with Crippen LogP contribution in [0.3, 0.4) is 0 Å². The van der Waals surface area contributed by atoms with E-state index in [1.54, 1.807) is 29.4 Å². The summed E-state index contributed by atoms with van der Waals surface area (Å²) in [6.07, 6.45) is 7.07. The Balaban J connectivity index is 0.00000370. The van der Waals surface area contributed by atoms with Crippen LogP contribution in [-0.4, -0.2) is 50.0 Å². The first kappa shape index (κ1) is 28.8. The second kappa shape index (κ2) is 13.3. The molecule has 0 spiro atoms. The maximum absolute atomic E-state index is 14.0. The number of amides is 2. The van der Waals surface area contributed by atoms with Crippen LogP contribution in [0.4, 0.5) is 5.69 Å². The van der Waals surface area contributed by atoms with Gasteiger partial charge in [-0.15, -0.1) is 22.6 Å². The molecule has 2 heterocycles. The molecule has 1 aliphatic carbocycles. The number of nitrogens with two attached hydrogens (primary N) is 2. The van der Waals surface area contributed by atoms with Crippen LogP contribution in [0.5, 0.6) is 0 Å². The number of halogens is 1. The third-order valence-electron chi connectivity index (χ3n) is 7.55. The largest absolute Gasteiger partial charge is 0.368 e. The number of anilines is 1. The first-order valence-corrected chi connectivity index (χ1v) is 13.2. The lowest BCUT2D eigenvalue weighted by Crippen LogP contribution is -2.52. The number of hydrogen-bond acceptors (Lipinski definition) is 7. The highest BCUT2D eigenvalue weighted by atomic mass is 35.5. The topological polar surface area (TPSA) is 157 Å². The summed E-state index contributed by atoms with van der Waals surface area (Å²) >= 11 is 0. The maximum atomic E-state index is 14.0. The Morgan fingerprint density at radius 2 is 1.52 bits per heavy atom. The number of H-pyrrole nitrogens is 1. The number of aromatic nitrogens is 5. The zero-order valence-electron chi connectivity index (χ0n) is 22.0. The molecule has 2 amide bonds. The molecule has 2 aromatic heterocycles. The van der Waals surface area contributed by atoms with Crippen molar-refractivity contribution in [3.05, 3.63) is 78.6 Å². The molecule has 1 aliphatic rings. The van der Waals surface area contributed by atoms with Gasteiger partial charge in [0.15, 0.2) is 0 Å². The minimum absolute atomic E-state index is 0. The molecule has 1 fully saturated rings. The van der Waals surface area contributed by atoms with E-state index in [0.29, 0.717) is 30.4 Å². The van der Waals surface area contributed by atoms with Gasteiger partial charge in [-0.3, -0.25) is 19.5 Å². The third-order valence-corrected chi connectivity index (χ3v) is 7.55. The van der Waals surface area contributed by atoms with E-state index in [0.717, 1.165) is 47.9 Å². The number of aromatic amines is 1. The predicted molar refractivity (Wildman–Crippen MR) is 155 cm³/mol. The monoisotopic (exact) mass is 560 g/mol. The molecule has 5 N–H and O–H groups in total. The molecule has 0 saturated heterocycles. The van der Waals surface area contributed by atoms with Crippen molar-refractivity contribution in [1.29, 1.82) is 0 Å². The molecule has 1 atom stereocenters. The van der Waals surface area contributed by atoms with Gasteiger partial charge < -0.3 is 11.5 Å². The van der Waals surface area contributed by atoms with Crippen LogP contribution in [0.15, 0.2) is 73.1 Å². The minimum atomic E-state index is -0.854. The number of pyridine rings is 1. The fourth-order valence-corrected chi connectivity index (χ4v) is 5.28. The smallest absolute Gasteiger partial charge is 0.240 e. The van der Waals surface area contributed by atoms with Gasteiger partial charge in [0.05, 0.1) is 0 Å². The number of rotatable bonds is 9. The molecule has 10 nitrogen and oxygen atoms in total. The van der Waals surface area contributed by atoms with Crippen LogP contribution in [0, 0.1) is 11.8 Å². The maximum Gasteiger partial charge on any atom is 0.240 e. The van der Waals surface area contributed by atoms with Crippen LogP contribution in [0.1, 0.15) is 31.2 Å². The Morgan fingerprint density at radius 3 is 2.10 bits per heavy atom. The average Bonchev–Trinajstić information content (AvgIpc) is 3.53. The number of hydrogen-bond donors (Lipinski definition) is 3. The summed E-state index contributed by atoms with van der Waals surface area (Å²) in [6.45, 7) is 0.627. The first-order chi connectivity index (χ1) is 19.0. The number of carbonyl (C=O) groups is 2. The lowest BCUT2D eigenvalue weighted by Gasteiger charge is -2.35. The molecule has 11 heteroatoms. The molecule has 1 saturated carbocycles. The van der Waals surface area contributed by atoms with E-state index >= 15 is 0 Å². The Hall–Kier alpha value is -4.15. The standard InChI is InChI=1S/C29H32N8O2.ClH/c30-18-20-3-7-24(8-4-20)29(39)37(25-11-9-23(10-12-25)28-33-35-36-34-28)26(27(31)38)17-19-1-5-21(6-2-19)22-13-15-32-16-14-22;/h1-2,5-6,9-16,20,24,26H,3-4,7-8,17-18,30H2,(H2,31,38)(H,33,34,35,36);1H/t20-,24-,26-;/m0./s1. The summed E-state index contributed by atoms with van der Waals surface area (Å²) < 4.78 is 0. The fourth-order valence-electron chi connectivity index (χ4n) is 5.28. The highest BCUT2D eigenvalue weighted by molar-refractivity contribution is 6.01. The summed E-state index contributed by atoms with van der Waals surface area (Å²) in [6, 6.07) is 18.2. The number of carbonyl (C=O) groups excluding carboxylic acids is 2. The fraction of sp³-hybridized carbons (Fsp3) is 0.310. The molecular weight excluding hydrogens is 528 g/mol. The van der Waals surface area contributed by atoms with Gasteiger partial charge in [0.1, 0.15) is 6.04 Å². The van der Waals surface area contributed by atoms with Crippen molar-refractivity contribution >= 4 is 29.9 Å². The quantitative estimate of drug-likeness (QED) is 0.282. The van der Waals surface area contributed by atoms with Gasteiger partial charge in [-0.25, -0.2) is 0 Å². The van der Waals surface area contributed by atoms with Crippen LogP contribution in [0.2, 0.25) is 0 Å². The lowest BCUT2D eigenvalue weighted by atomic mass is 9.81. The van der Waals surface area contributed by atoms with Gasteiger partial charge in [0, 0.05) is 36.0 Å². The molecule has 208 valence electrons. The number of benzene rings is 2. The van der Waals surface area contributed by atoms with E-state index in [2.05, 4.69) is 25.6 Å². The molecule has 40 heavy (non-hydrogen) atoms. The first-order valence-electron chi connectivity index (χ1n) is 13.2. The lowest BCUT2D eigenvalue weighted by molar-refractivity contribution is -0.127. The zero-order chi connectivity index (χ0) is 27.2. The Morgan fingerprint density at radius 1 is 0.900 bits per heavy atom. The van der Waals surface area contributed by atoms with Gasteiger partial charge in [0.25, 0.3) is 0 Å². The average molecular weight is 561 g/mol. The van der Waals surface area contributed by atoms with E-state index in [1.807, 2.05) is 48.5 Å². The molecule has 5 rings (SSSR count). The summed E-state index contributed by atoms with van der Waals surface area (Å²) in [5, 5.41) is 14.1. The van der Waals surface area contributed by atoms with Gasteiger partial charge in [-0.05, 0) is 96.4 Å². The summed E-state index contributed by atoms with van der Waals surface area (Å²) in [7, 11) is 0. The predicted octanol–water partition coefficient (Wildman–Crippen LogP) is 3.55. The van der Waals surface area contributed by atoms with E-state index in [1.165, 1.54) is 0 Å². The van der Waals surface area contributed by atoms with Crippen molar-refractivity contribution in [3.63, 3.8) is 0 Å². The number of nitrogens with one attached hydrogen (secondary N) is 1. The number of tetrazole rings is 1. The summed E-state index contributed by atoms with van der Waals surface area (Å²) in [5.41, 5.74) is 16.2. The minimum Gasteiger partial charge on any atom is -0.368 e. The highest BCUT2D eigenvalue weighted by Crippen LogP contribution is 2.33. The summed E-state index contributed by atoms with van der Waals surface area (Å²) in [4.78, 5) is 32.6. The highest BCUT2D eigenvalue weighted by Gasteiger charge is 2.36. The Labute approximate surface area is 239 Å². The van der Waals surface area contributed by atoms with Crippen molar-refractivity contribution in [2.75, 3.05) is 11.4 Å². The van der Waals surface area contributed by atoms with Crippen molar-refractivity contribution < 1.29 is 9.59 Å². The van der Waals surface area contributed by atoms with Crippen molar-refractivity contribution in [2.24, 2.45) is 23.3 Å². The van der Waals surface area contributed by atoms with Crippen LogP contribution >= 0.6 is 12.4 Å². The molecule has 0 radical (unpaired) electrons. The van der Waals surface area contributed by atoms with E-state index in [9.17, 15) is 9.59 Å². The normalized spacial score (nSPS) is 17.4. The van der Waals surface area contributed by atoms with E-state index in [-0.39, 0.29) is 24.2 Å². The van der Waals surface area contributed by atoms with E-state index in [4.69, 9.17) is 11.5 Å². The van der Waals surface area contributed by atoms with Crippen molar-refractivity contribution in [3.8, 4) is 22.5 Å². The van der Waals surface area contributed by atoms with Crippen molar-refractivity contribution in [2.45, 2.75) is 38.1 Å². The molecule has 0 aliphatic heterocycles. The van der Waals surface area contributed by atoms with Crippen LogP contribution < -0.4 is 16.4 Å². The molecule has 0 bridgehead atoms. The molecule has 4 aromatic rings. The number of primary amides is 1. The van der Waals surface area contributed by atoms with Crippen LogP contribution in [-0.2, 0) is 16.0 Å². The second-order valence-corrected chi connectivity index (χ2v) is 10.00. The van der Waals surface area contributed by atoms with Gasteiger partial charge in [0.2, 0.25) is 17.6 Å². The Kier molecular flexibility index (Phi) is 9.57. The molecular formula is C29H33ClN8O2. The third kappa shape index (κ3) is 6.52. The van der Waals surface area contributed by atoms with Crippen LogP contribution in [0.25, 0.3) is 22.5 Å². The number of nitrogens with zero attached hydrogens (tertiary/aromatic N) is 5. The molecule has 0 unspecified atom stereocenters.